The Labute approximate surface area is 421 Å². The molecule has 0 aliphatic heterocycles. The zero-order valence-electron chi connectivity index (χ0n) is 45.1. The smallest absolute Gasteiger partial charge is 0.391 e. The van der Waals surface area contributed by atoms with E-state index in [1.54, 1.807) is 0 Å². The SMILES string of the molecule is CC/C=C\C/C=C\C/C=C\C/C=C\C/C=C\C/C=C\CCCCCCCCCCCCCCCCCCCCCCC(=O)NC(COP(=O)(O)OCC[N+](C)(C)C)C(O)CCCCCCCCC. The summed E-state index contributed by atoms with van der Waals surface area (Å²) in [5, 5.41) is 13.9. The van der Waals surface area contributed by atoms with Crippen LogP contribution in [0.25, 0.3) is 0 Å². The lowest BCUT2D eigenvalue weighted by Gasteiger charge is -2.26. The van der Waals surface area contributed by atoms with E-state index in [-0.39, 0.29) is 19.1 Å². The van der Waals surface area contributed by atoms with Gasteiger partial charge in [-0.1, -0.05) is 247 Å². The number of hydrogen-bond donors (Lipinski definition) is 3. The third kappa shape index (κ3) is 51.8. The maximum Gasteiger partial charge on any atom is 0.472 e. The highest BCUT2D eigenvalue weighted by atomic mass is 31.2. The molecule has 9 heteroatoms. The van der Waals surface area contributed by atoms with Gasteiger partial charge in [-0.2, -0.15) is 0 Å². The Morgan fingerprint density at radius 3 is 1.29 bits per heavy atom. The molecule has 0 radical (unpaired) electrons. The topological polar surface area (TPSA) is 105 Å². The molecular formula is C59H110N2O6P+. The van der Waals surface area contributed by atoms with Gasteiger partial charge in [0.2, 0.25) is 5.91 Å². The average molecular weight is 975 g/mol. The van der Waals surface area contributed by atoms with E-state index in [9.17, 15) is 19.4 Å². The van der Waals surface area contributed by atoms with E-state index < -0.39 is 20.0 Å². The molecule has 0 rings (SSSR count). The summed E-state index contributed by atoms with van der Waals surface area (Å²) in [6.07, 6.45) is 68.6. The monoisotopic (exact) mass is 974 g/mol. The van der Waals surface area contributed by atoms with Gasteiger partial charge < -0.3 is 19.8 Å². The predicted molar refractivity (Wildman–Crippen MR) is 295 cm³/mol. The minimum Gasteiger partial charge on any atom is -0.391 e. The molecule has 0 saturated heterocycles. The van der Waals surface area contributed by atoms with E-state index in [4.69, 9.17) is 9.05 Å². The normalized spacial score (nSPS) is 14.5. The predicted octanol–water partition coefficient (Wildman–Crippen LogP) is 17.1. The number of carbonyl (C=O) groups is 1. The summed E-state index contributed by atoms with van der Waals surface area (Å²) in [4.78, 5) is 23.1. The van der Waals surface area contributed by atoms with Crippen molar-refractivity contribution in [1.82, 2.24) is 5.32 Å². The van der Waals surface area contributed by atoms with Gasteiger partial charge in [-0.3, -0.25) is 13.8 Å². The standard InChI is InChI=1S/C59H109N2O6P/c1-6-8-10-12-14-15-16-17-18-19-20-21-22-23-24-25-26-27-28-29-30-31-32-33-34-35-36-37-38-39-40-41-42-43-44-45-47-49-51-53-59(63)60-57(58(62)52-50-48-46-13-11-9-7-2)56-67-68(64,65)66-55-54-61(3,4)5/h8,10,14-15,17-18,20-21,23-24,26-27,57-58,62H,6-7,9,11-13,16,19,22,25,28-56H2,1-5H3,(H-,60,63,64,65)/p+1/b10-8-,15-14-,18-17-,21-20-,24-23-,27-26-. The van der Waals surface area contributed by atoms with E-state index in [0.717, 1.165) is 77.0 Å². The van der Waals surface area contributed by atoms with Crippen LogP contribution in [0.5, 0.6) is 0 Å². The van der Waals surface area contributed by atoms with Crippen LogP contribution >= 0.6 is 7.82 Å². The number of aliphatic hydroxyl groups excluding tert-OH is 1. The Kier molecular flexibility index (Phi) is 48.4. The number of quaternary nitrogens is 1. The highest BCUT2D eigenvalue weighted by Crippen LogP contribution is 2.43. The van der Waals surface area contributed by atoms with Crippen LogP contribution in [0, 0.1) is 0 Å². The summed E-state index contributed by atoms with van der Waals surface area (Å²) in [7, 11) is 1.61. The van der Waals surface area contributed by atoms with Crippen molar-refractivity contribution in [2.24, 2.45) is 0 Å². The maximum absolute atomic E-state index is 12.9. The lowest BCUT2D eigenvalue weighted by molar-refractivity contribution is -0.870. The Bertz CT molecular complexity index is 1330. The molecule has 3 N–H and O–H groups in total. The number of likely N-dealkylation sites (N-methyl/N-ethyl adjacent to an activating group) is 1. The van der Waals surface area contributed by atoms with Gasteiger partial charge in [0.25, 0.3) is 0 Å². The molecule has 1 amide bonds. The first kappa shape index (κ1) is 65.9. The van der Waals surface area contributed by atoms with Crippen LogP contribution in [0.15, 0.2) is 72.9 Å². The summed E-state index contributed by atoms with van der Waals surface area (Å²) < 4.78 is 23.6. The van der Waals surface area contributed by atoms with E-state index in [2.05, 4.69) is 92.1 Å². The fourth-order valence-electron chi connectivity index (χ4n) is 8.05. The Morgan fingerprint density at radius 2 is 0.882 bits per heavy atom. The van der Waals surface area contributed by atoms with Crippen molar-refractivity contribution in [3.8, 4) is 0 Å². The van der Waals surface area contributed by atoms with Crippen LogP contribution in [0.3, 0.4) is 0 Å². The van der Waals surface area contributed by atoms with E-state index in [1.165, 1.54) is 141 Å². The number of aliphatic hydroxyl groups is 1. The number of phosphoric ester groups is 1. The van der Waals surface area contributed by atoms with Crippen molar-refractivity contribution in [3.63, 3.8) is 0 Å². The largest absolute Gasteiger partial charge is 0.472 e. The van der Waals surface area contributed by atoms with Gasteiger partial charge in [0.05, 0.1) is 39.9 Å². The van der Waals surface area contributed by atoms with Crippen LogP contribution in [0.4, 0.5) is 0 Å². The van der Waals surface area contributed by atoms with Crippen LogP contribution < -0.4 is 5.32 Å². The minimum atomic E-state index is -4.31. The number of nitrogens with zero attached hydrogens (tertiary/aromatic N) is 1. The quantitative estimate of drug-likeness (QED) is 0.0243. The number of hydrogen-bond acceptors (Lipinski definition) is 5. The molecule has 0 bridgehead atoms. The molecule has 0 saturated carbocycles. The zero-order valence-corrected chi connectivity index (χ0v) is 46.0. The molecule has 0 aliphatic rings. The van der Waals surface area contributed by atoms with Crippen molar-refractivity contribution < 1.29 is 32.9 Å². The lowest BCUT2D eigenvalue weighted by atomic mass is 10.0. The first-order chi connectivity index (χ1) is 33.0. The summed E-state index contributed by atoms with van der Waals surface area (Å²) in [6.45, 7) is 4.73. The van der Waals surface area contributed by atoms with Gasteiger partial charge in [-0.25, -0.2) is 4.57 Å². The summed E-state index contributed by atoms with van der Waals surface area (Å²) >= 11 is 0. The second-order valence-electron chi connectivity index (χ2n) is 20.3. The van der Waals surface area contributed by atoms with Crippen molar-refractivity contribution in [2.75, 3.05) is 40.9 Å². The van der Waals surface area contributed by atoms with Crippen molar-refractivity contribution in [2.45, 2.75) is 257 Å². The van der Waals surface area contributed by atoms with Crippen LogP contribution in [-0.4, -0.2) is 73.4 Å². The molecule has 396 valence electrons. The number of nitrogens with one attached hydrogen (secondary N) is 1. The van der Waals surface area contributed by atoms with Gasteiger partial charge in [0.1, 0.15) is 13.2 Å². The molecule has 0 spiro atoms. The number of allylic oxidation sites excluding steroid dienone is 12. The molecule has 8 nitrogen and oxygen atoms in total. The fraction of sp³-hybridized carbons (Fsp3) is 0.780. The first-order valence-electron chi connectivity index (χ1n) is 28.3. The maximum atomic E-state index is 12.9. The third-order valence-electron chi connectivity index (χ3n) is 12.5. The number of amides is 1. The molecule has 3 unspecified atom stereocenters. The average Bonchev–Trinajstić information content (AvgIpc) is 3.30. The first-order valence-corrected chi connectivity index (χ1v) is 29.8. The van der Waals surface area contributed by atoms with Gasteiger partial charge in [-0.15, -0.1) is 0 Å². The van der Waals surface area contributed by atoms with Gasteiger partial charge in [0, 0.05) is 6.42 Å². The summed E-state index contributed by atoms with van der Waals surface area (Å²) in [6, 6.07) is -0.758. The highest BCUT2D eigenvalue weighted by Gasteiger charge is 2.28. The summed E-state index contributed by atoms with van der Waals surface area (Å²) in [5.41, 5.74) is 0. The van der Waals surface area contributed by atoms with Gasteiger partial charge in [0.15, 0.2) is 0 Å². The molecule has 0 fully saturated rings. The lowest BCUT2D eigenvalue weighted by Crippen LogP contribution is -2.46. The van der Waals surface area contributed by atoms with Crippen molar-refractivity contribution in [3.05, 3.63) is 72.9 Å². The number of unbranched alkanes of at least 4 members (excludes halogenated alkanes) is 26. The Morgan fingerprint density at radius 1 is 0.515 bits per heavy atom. The molecule has 68 heavy (non-hydrogen) atoms. The number of carbonyl (C=O) groups excluding carboxylic acids is 1. The molecule has 0 aliphatic carbocycles. The second-order valence-corrected chi connectivity index (χ2v) is 21.7. The minimum absolute atomic E-state index is 0.0739. The molecule has 0 aromatic carbocycles. The number of phosphoric acid groups is 1. The Hall–Kier alpha value is -2.06. The zero-order chi connectivity index (χ0) is 49.9. The van der Waals surface area contributed by atoms with Crippen LogP contribution in [0.1, 0.15) is 245 Å². The van der Waals surface area contributed by atoms with Crippen molar-refractivity contribution >= 4 is 13.7 Å². The molecule has 3 atom stereocenters. The summed E-state index contributed by atoms with van der Waals surface area (Å²) in [5.74, 6) is -0.148. The highest BCUT2D eigenvalue weighted by molar-refractivity contribution is 7.47. The number of rotatable bonds is 51. The fourth-order valence-corrected chi connectivity index (χ4v) is 8.79. The van der Waals surface area contributed by atoms with E-state index >= 15 is 0 Å². The molecule has 0 heterocycles. The molecule has 0 aromatic rings. The van der Waals surface area contributed by atoms with Crippen LogP contribution in [0.2, 0.25) is 0 Å². The van der Waals surface area contributed by atoms with Crippen molar-refractivity contribution in [1.29, 1.82) is 0 Å². The van der Waals surface area contributed by atoms with E-state index in [0.29, 0.717) is 23.9 Å². The van der Waals surface area contributed by atoms with Gasteiger partial charge >= 0.3 is 7.82 Å². The Balaban J connectivity index is 3.80. The van der Waals surface area contributed by atoms with E-state index in [1.807, 2.05) is 21.1 Å². The second kappa shape index (κ2) is 49.9. The molecular weight excluding hydrogens is 864 g/mol. The molecule has 0 aromatic heterocycles. The third-order valence-corrected chi connectivity index (χ3v) is 13.5. The van der Waals surface area contributed by atoms with Gasteiger partial charge in [-0.05, 0) is 64.2 Å². The van der Waals surface area contributed by atoms with Crippen LogP contribution in [-0.2, 0) is 18.4 Å².